The van der Waals surface area contributed by atoms with Crippen LogP contribution in [0.1, 0.15) is 5.56 Å². The lowest BCUT2D eigenvalue weighted by molar-refractivity contribution is -0.146. The van der Waals surface area contributed by atoms with Crippen molar-refractivity contribution < 1.29 is 23.8 Å². The Morgan fingerprint density at radius 1 is 1.04 bits per heavy atom. The van der Waals surface area contributed by atoms with Crippen molar-refractivity contribution in [2.75, 3.05) is 26.1 Å². The molecule has 8 heteroatoms. The number of halogens is 2. The van der Waals surface area contributed by atoms with Crippen LogP contribution in [0.15, 0.2) is 36.4 Å². The van der Waals surface area contributed by atoms with Gasteiger partial charge < -0.3 is 19.5 Å². The Kier molecular flexibility index (Phi) is 7.12. The average Bonchev–Trinajstić information content (AvgIpc) is 2.63. The van der Waals surface area contributed by atoms with E-state index in [4.69, 9.17) is 37.4 Å². The van der Waals surface area contributed by atoms with Crippen molar-refractivity contribution in [3.05, 3.63) is 52.0 Å². The lowest BCUT2D eigenvalue weighted by Crippen LogP contribution is -2.22. The molecule has 26 heavy (non-hydrogen) atoms. The van der Waals surface area contributed by atoms with Crippen LogP contribution in [0, 0.1) is 0 Å². The number of esters is 1. The number of carbonyl (C=O) groups is 2. The molecule has 0 saturated carbocycles. The first-order chi connectivity index (χ1) is 12.4. The molecule has 0 aromatic heterocycles. The van der Waals surface area contributed by atoms with Crippen molar-refractivity contribution in [2.24, 2.45) is 0 Å². The molecule has 0 aliphatic carbocycles. The Labute approximate surface area is 160 Å². The third-order valence-electron chi connectivity index (χ3n) is 3.42. The fourth-order valence-electron chi connectivity index (χ4n) is 2.14. The van der Waals surface area contributed by atoms with E-state index in [1.54, 1.807) is 36.4 Å². The Balaban J connectivity index is 1.91. The number of methoxy groups -OCH3 is 2. The smallest absolute Gasteiger partial charge is 0.310 e. The van der Waals surface area contributed by atoms with E-state index in [2.05, 4.69) is 5.32 Å². The zero-order valence-corrected chi connectivity index (χ0v) is 15.7. The molecular weight excluding hydrogens is 381 g/mol. The summed E-state index contributed by atoms with van der Waals surface area (Å²) in [6, 6.07) is 9.90. The third kappa shape index (κ3) is 5.28. The quantitative estimate of drug-likeness (QED) is 0.720. The Morgan fingerprint density at radius 3 is 2.35 bits per heavy atom. The van der Waals surface area contributed by atoms with Gasteiger partial charge in [-0.3, -0.25) is 9.59 Å². The minimum atomic E-state index is -0.575. The standard InChI is InChI=1S/C18H17Cl2NO5/c1-24-12-7-6-11(15(9-12)25-2)8-17(23)26-10-16(22)21-18-13(19)4-3-5-14(18)20/h3-7,9H,8,10H2,1-2H3,(H,21,22). The highest BCUT2D eigenvalue weighted by Crippen LogP contribution is 2.29. The van der Waals surface area contributed by atoms with Crippen LogP contribution in [0.25, 0.3) is 0 Å². The number of hydrogen-bond donors (Lipinski definition) is 1. The topological polar surface area (TPSA) is 73.9 Å². The number of rotatable bonds is 7. The van der Waals surface area contributed by atoms with E-state index in [1.165, 1.54) is 14.2 Å². The van der Waals surface area contributed by atoms with Gasteiger partial charge in [0.1, 0.15) is 11.5 Å². The van der Waals surface area contributed by atoms with Crippen molar-refractivity contribution in [2.45, 2.75) is 6.42 Å². The number of benzene rings is 2. The number of para-hydroxylation sites is 1. The second-order valence-corrected chi connectivity index (χ2v) is 5.97. The molecule has 0 saturated heterocycles. The molecule has 6 nitrogen and oxygen atoms in total. The average molecular weight is 398 g/mol. The maximum absolute atomic E-state index is 12.0. The van der Waals surface area contributed by atoms with Gasteiger partial charge in [-0.25, -0.2) is 0 Å². The van der Waals surface area contributed by atoms with Gasteiger partial charge in [-0.1, -0.05) is 35.3 Å². The normalized spacial score (nSPS) is 10.2. The summed E-state index contributed by atoms with van der Waals surface area (Å²) in [5.41, 5.74) is 0.890. The monoisotopic (exact) mass is 397 g/mol. The maximum atomic E-state index is 12.0. The van der Waals surface area contributed by atoms with Gasteiger partial charge in [0.15, 0.2) is 6.61 Å². The molecule has 138 valence electrons. The Bertz CT molecular complexity index is 790. The molecule has 0 atom stereocenters. The second kappa shape index (κ2) is 9.31. The van der Waals surface area contributed by atoms with E-state index in [-0.39, 0.29) is 12.1 Å². The zero-order chi connectivity index (χ0) is 19.1. The second-order valence-electron chi connectivity index (χ2n) is 5.16. The van der Waals surface area contributed by atoms with Crippen LogP contribution in [0.4, 0.5) is 5.69 Å². The van der Waals surface area contributed by atoms with E-state index < -0.39 is 18.5 Å². The highest BCUT2D eigenvalue weighted by Gasteiger charge is 2.14. The van der Waals surface area contributed by atoms with E-state index in [9.17, 15) is 9.59 Å². The van der Waals surface area contributed by atoms with Crippen LogP contribution in [0.5, 0.6) is 11.5 Å². The van der Waals surface area contributed by atoms with Gasteiger partial charge in [0.2, 0.25) is 0 Å². The number of anilines is 1. The predicted octanol–water partition coefficient (Wildman–Crippen LogP) is 3.74. The number of amides is 1. The molecule has 0 bridgehead atoms. The Hall–Kier alpha value is -2.44. The van der Waals surface area contributed by atoms with Gasteiger partial charge in [-0.05, 0) is 18.2 Å². The highest BCUT2D eigenvalue weighted by atomic mass is 35.5. The van der Waals surface area contributed by atoms with Gasteiger partial charge in [-0.2, -0.15) is 0 Å². The van der Waals surface area contributed by atoms with Gasteiger partial charge >= 0.3 is 5.97 Å². The molecule has 0 aliphatic rings. The van der Waals surface area contributed by atoms with Gasteiger partial charge in [-0.15, -0.1) is 0 Å². The molecule has 2 aromatic rings. The lowest BCUT2D eigenvalue weighted by atomic mass is 10.1. The van der Waals surface area contributed by atoms with Crippen LogP contribution in [-0.2, 0) is 20.7 Å². The van der Waals surface area contributed by atoms with Crippen LogP contribution in [0.2, 0.25) is 10.0 Å². The molecule has 0 spiro atoms. The van der Waals surface area contributed by atoms with Gasteiger partial charge in [0, 0.05) is 11.6 Å². The highest BCUT2D eigenvalue weighted by molar-refractivity contribution is 6.39. The van der Waals surface area contributed by atoms with Crippen molar-refractivity contribution in [1.82, 2.24) is 0 Å². The molecular formula is C18H17Cl2NO5. The van der Waals surface area contributed by atoms with E-state index in [0.29, 0.717) is 27.1 Å². The van der Waals surface area contributed by atoms with Crippen LogP contribution in [0.3, 0.4) is 0 Å². The molecule has 0 heterocycles. The molecule has 0 aliphatic heterocycles. The number of ether oxygens (including phenoxy) is 3. The molecule has 1 amide bonds. The van der Waals surface area contributed by atoms with Crippen LogP contribution >= 0.6 is 23.2 Å². The molecule has 0 unspecified atom stereocenters. The summed E-state index contributed by atoms with van der Waals surface area (Å²) in [5, 5.41) is 3.10. The van der Waals surface area contributed by atoms with Gasteiger partial charge in [0.05, 0.1) is 36.4 Å². The first kappa shape index (κ1) is 19.9. The van der Waals surface area contributed by atoms with Crippen molar-refractivity contribution >= 4 is 40.8 Å². The number of hydrogen-bond acceptors (Lipinski definition) is 5. The lowest BCUT2D eigenvalue weighted by Gasteiger charge is -2.11. The predicted molar refractivity (Wildman–Crippen MR) is 99.3 cm³/mol. The summed E-state index contributed by atoms with van der Waals surface area (Å²) in [6.45, 7) is -0.459. The Morgan fingerprint density at radius 2 is 1.73 bits per heavy atom. The summed E-state index contributed by atoms with van der Waals surface area (Å²) in [5.74, 6) is -0.0208. The fraction of sp³-hybridized carbons (Fsp3) is 0.222. The van der Waals surface area contributed by atoms with Crippen LogP contribution in [-0.4, -0.2) is 32.7 Å². The summed E-state index contributed by atoms with van der Waals surface area (Å²) >= 11 is 11.9. The zero-order valence-electron chi connectivity index (χ0n) is 14.2. The largest absolute Gasteiger partial charge is 0.497 e. The fourth-order valence-corrected chi connectivity index (χ4v) is 2.64. The first-order valence-electron chi connectivity index (χ1n) is 7.55. The van der Waals surface area contributed by atoms with E-state index in [0.717, 1.165) is 0 Å². The third-order valence-corrected chi connectivity index (χ3v) is 4.05. The minimum Gasteiger partial charge on any atom is -0.497 e. The molecule has 1 N–H and O–H groups in total. The molecule has 2 rings (SSSR count). The van der Waals surface area contributed by atoms with Crippen molar-refractivity contribution in [3.8, 4) is 11.5 Å². The van der Waals surface area contributed by atoms with E-state index in [1.807, 2.05) is 0 Å². The molecule has 0 fully saturated rings. The SMILES string of the molecule is COc1ccc(CC(=O)OCC(=O)Nc2c(Cl)cccc2Cl)c(OC)c1. The molecule has 2 aromatic carbocycles. The summed E-state index contributed by atoms with van der Waals surface area (Å²) in [4.78, 5) is 23.9. The summed E-state index contributed by atoms with van der Waals surface area (Å²) in [7, 11) is 3.02. The number of carbonyl (C=O) groups excluding carboxylic acids is 2. The number of nitrogens with one attached hydrogen (secondary N) is 1. The maximum Gasteiger partial charge on any atom is 0.310 e. The molecule has 0 radical (unpaired) electrons. The minimum absolute atomic E-state index is 0.0483. The van der Waals surface area contributed by atoms with Crippen molar-refractivity contribution in [3.63, 3.8) is 0 Å². The van der Waals surface area contributed by atoms with Gasteiger partial charge in [0.25, 0.3) is 5.91 Å². The summed E-state index contributed by atoms with van der Waals surface area (Å²) in [6.07, 6.45) is -0.0483. The van der Waals surface area contributed by atoms with Crippen molar-refractivity contribution in [1.29, 1.82) is 0 Å². The van der Waals surface area contributed by atoms with Crippen LogP contribution < -0.4 is 14.8 Å². The first-order valence-corrected chi connectivity index (χ1v) is 8.30. The summed E-state index contributed by atoms with van der Waals surface area (Å²) < 4.78 is 15.3. The van der Waals surface area contributed by atoms with E-state index >= 15 is 0 Å².